The van der Waals surface area contributed by atoms with Crippen LogP contribution in [0.3, 0.4) is 0 Å². The fraction of sp³-hybridized carbons (Fsp3) is 0.353. The molecule has 1 aromatic carbocycles. The molecule has 0 spiro atoms. The predicted octanol–water partition coefficient (Wildman–Crippen LogP) is 2.69. The van der Waals surface area contributed by atoms with Crippen LogP contribution in [0.15, 0.2) is 41.6 Å². The minimum Gasteiger partial charge on any atom is -0.465 e. The Morgan fingerprint density at radius 1 is 1.28 bits per heavy atom. The molecule has 0 radical (unpaired) electrons. The van der Waals surface area contributed by atoms with E-state index in [0.717, 1.165) is 18.4 Å². The lowest BCUT2D eigenvalue weighted by Crippen LogP contribution is -2.43. The van der Waals surface area contributed by atoms with Gasteiger partial charge in [-0.2, -0.15) is 0 Å². The molecule has 8 heteroatoms. The van der Waals surface area contributed by atoms with Crippen molar-refractivity contribution in [3.05, 3.63) is 52.7 Å². The third-order valence-corrected chi connectivity index (χ3v) is 6.31. The second kappa shape index (κ2) is 6.82. The first kappa shape index (κ1) is 18.0. The molecule has 1 aromatic heterocycles. The van der Waals surface area contributed by atoms with Gasteiger partial charge in [0.15, 0.2) is 5.03 Å². The lowest BCUT2D eigenvalue weighted by Gasteiger charge is -2.36. The average molecular weight is 383 g/mol. The van der Waals surface area contributed by atoms with Gasteiger partial charge in [-0.1, -0.05) is 23.7 Å². The van der Waals surface area contributed by atoms with Crippen LogP contribution in [-0.4, -0.2) is 32.1 Å². The molecule has 0 atom stereocenters. The Bertz CT molecular complexity index is 884. The number of hydrogen-bond donors (Lipinski definition) is 1. The summed E-state index contributed by atoms with van der Waals surface area (Å²) in [5.41, 5.74) is 1.37. The number of esters is 1. The maximum absolute atomic E-state index is 12.6. The van der Waals surface area contributed by atoms with E-state index in [1.165, 1.54) is 23.9 Å². The number of hydrogen-bond acceptors (Lipinski definition) is 4. The summed E-state index contributed by atoms with van der Waals surface area (Å²) in [6.07, 6.45) is 2.90. The van der Waals surface area contributed by atoms with Crippen molar-refractivity contribution in [1.29, 1.82) is 0 Å². The number of aryl methyl sites for hydroxylation is 1. The number of nitrogens with one attached hydrogen (secondary N) is 1. The van der Waals surface area contributed by atoms with Crippen LogP contribution in [0.1, 0.15) is 34.7 Å². The molecule has 1 aliphatic rings. The van der Waals surface area contributed by atoms with Gasteiger partial charge in [0.25, 0.3) is 10.0 Å². The van der Waals surface area contributed by atoms with Crippen LogP contribution < -0.4 is 4.72 Å². The van der Waals surface area contributed by atoms with Gasteiger partial charge in [0, 0.05) is 24.3 Å². The molecule has 3 rings (SSSR count). The highest BCUT2D eigenvalue weighted by Crippen LogP contribution is 2.37. The first-order valence-electron chi connectivity index (χ1n) is 7.82. The Balaban J connectivity index is 1.66. The Hall–Kier alpha value is -1.83. The van der Waals surface area contributed by atoms with Crippen molar-refractivity contribution < 1.29 is 17.9 Å². The van der Waals surface area contributed by atoms with Crippen molar-refractivity contribution >= 4 is 27.6 Å². The zero-order valence-corrected chi connectivity index (χ0v) is 15.5. The van der Waals surface area contributed by atoms with E-state index >= 15 is 0 Å². The van der Waals surface area contributed by atoms with Crippen molar-refractivity contribution in [2.45, 2.75) is 29.8 Å². The fourth-order valence-electron chi connectivity index (χ4n) is 3.04. The molecule has 1 fully saturated rings. The van der Waals surface area contributed by atoms with Gasteiger partial charge in [0.05, 0.1) is 12.7 Å². The van der Waals surface area contributed by atoms with E-state index in [4.69, 9.17) is 11.6 Å². The maximum Gasteiger partial charge on any atom is 0.339 e. The molecule has 2 aromatic rings. The molecule has 25 heavy (non-hydrogen) atoms. The van der Waals surface area contributed by atoms with Gasteiger partial charge in [-0.3, -0.25) is 0 Å². The Labute approximate surface area is 151 Å². The number of aromatic nitrogens is 1. The molecule has 1 saturated carbocycles. The van der Waals surface area contributed by atoms with Gasteiger partial charge in [0.1, 0.15) is 0 Å². The summed E-state index contributed by atoms with van der Waals surface area (Å²) >= 11 is 5.88. The fourth-order valence-corrected chi connectivity index (χ4v) is 4.63. The van der Waals surface area contributed by atoms with Gasteiger partial charge in [0.2, 0.25) is 0 Å². The molecule has 1 N–H and O–H groups in total. The van der Waals surface area contributed by atoms with E-state index in [1.54, 1.807) is 7.05 Å². The van der Waals surface area contributed by atoms with Crippen LogP contribution in [0.25, 0.3) is 0 Å². The highest BCUT2D eigenvalue weighted by Gasteiger charge is 2.34. The van der Waals surface area contributed by atoms with E-state index in [-0.39, 0.29) is 16.6 Å². The molecule has 1 heterocycles. The standard InChI is InChI=1S/C17H19ClN2O4S/c1-20-10-13(17(21)24-2)9-16(20)25(22,23)19-15-7-12(8-15)11-3-5-14(18)6-4-11/h3-6,9-10,12,15,19H,7-8H2,1-2H3. The number of nitrogens with zero attached hydrogens (tertiary/aromatic N) is 1. The van der Waals surface area contributed by atoms with Crippen LogP contribution in [0.5, 0.6) is 0 Å². The van der Waals surface area contributed by atoms with Gasteiger partial charge >= 0.3 is 5.97 Å². The molecular formula is C17H19ClN2O4S. The Morgan fingerprint density at radius 3 is 2.52 bits per heavy atom. The van der Waals surface area contributed by atoms with E-state index in [9.17, 15) is 13.2 Å². The average Bonchev–Trinajstić information content (AvgIpc) is 2.94. The molecule has 0 unspecified atom stereocenters. The van der Waals surface area contributed by atoms with E-state index in [1.807, 2.05) is 24.3 Å². The predicted molar refractivity (Wildman–Crippen MR) is 94.3 cm³/mol. The zero-order valence-electron chi connectivity index (χ0n) is 13.9. The van der Waals surface area contributed by atoms with Crippen molar-refractivity contribution in [2.24, 2.45) is 7.05 Å². The molecule has 134 valence electrons. The monoisotopic (exact) mass is 382 g/mol. The Morgan fingerprint density at radius 2 is 1.92 bits per heavy atom. The van der Waals surface area contributed by atoms with Gasteiger partial charge in [-0.15, -0.1) is 0 Å². The summed E-state index contributed by atoms with van der Waals surface area (Å²) in [5, 5.41) is 0.730. The lowest BCUT2D eigenvalue weighted by atomic mass is 9.76. The van der Waals surface area contributed by atoms with Crippen LogP contribution in [-0.2, 0) is 21.8 Å². The third-order valence-electron chi connectivity index (χ3n) is 4.46. The second-order valence-electron chi connectivity index (χ2n) is 6.21. The van der Waals surface area contributed by atoms with Crippen LogP contribution in [0, 0.1) is 0 Å². The largest absolute Gasteiger partial charge is 0.465 e. The van der Waals surface area contributed by atoms with Crippen molar-refractivity contribution in [3.63, 3.8) is 0 Å². The molecule has 6 nitrogen and oxygen atoms in total. The van der Waals surface area contributed by atoms with Crippen molar-refractivity contribution in [3.8, 4) is 0 Å². The maximum atomic E-state index is 12.6. The number of benzene rings is 1. The molecule has 1 aliphatic carbocycles. The summed E-state index contributed by atoms with van der Waals surface area (Å²) in [6.45, 7) is 0. The molecule has 0 aliphatic heterocycles. The molecule has 0 saturated heterocycles. The van der Waals surface area contributed by atoms with Gasteiger partial charge in [-0.05, 0) is 42.5 Å². The molecule has 0 amide bonds. The number of carbonyl (C=O) groups excluding carboxylic acids is 1. The first-order valence-corrected chi connectivity index (χ1v) is 9.68. The lowest BCUT2D eigenvalue weighted by molar-refractivity contribution is 0.0600. The summed E-state index contributed by atoms with van der Waals surface area (Å²) < 4.78 is 33.9. The number of ether oxygens (including phenoxy) is 1. The van der Waals surface area contributed by atoms with Crippen LogP contribution >= 0.6 is 11.6 Å². The first-order chi connectivity index (χ1) is 11.8. The topological polar surface area (TPSA) is 77.4 Å². The highest BCUT2D eigenvalue weighted by molar-refractivity contribution is 7.89. The summed E-state index contributed by atoms with van der Waals surface area (Å²) in [6, 6.07) is 8.82. The highest BCUT2D eigenvalue weighted by atomic mass is 35.5. The second-order valence-corrected chi connectivity index (χ2v) is 8.30. The van der Waals surface area contributed by atoms with Crippen LogP contribution in [0.4, 0.5) is 0 Å². The van der Waals surface area contributed by atoms with E-state index < -0.39 is 16.0 Å². The smallest absolute Gasteiger partial charge is 0.339 e. The quantitative estimate of drug-likeness (QED) is 0.806. The zero-order chi connectivity index (χ0) is 18.2. The number of rotatable bonds is 5. The van der Waals surface area contributed by atoms with Gasteiger partial charge in [-0.25, -0.2) is 17.9 Å². The molecule has 0 bridgehead atoms. The summed E-state index contributed by atoms with van der Waals surface area (Å²) in [4.78, 5) is 11.6. The number of carbonyl (C=O) groups is 1. The third kappa shape index (κ3) is 3.73. The van der Waals surface area contributed by atoms with Crippen molar-refractivity contribution in [1.82, 2.24) is 9.29 Å². The van der Waals surface area contributed by atoms with Crippen LogP contribution in [0.2, 0.25) is 5.02 Å². The number of methoxy groups -OCH3 is 1. The Kier molecular flexibility index (Phi) is 4.90. The molecular weight excluding hydrogens is 364 g/mol. The van der Waals surface area contributed by atoms with E-state index in [0.29, 0.717) is 10.9 Å². The summed E-state index contributed by atoms with van der Waals surface area (Å²) in [7, 11) is -0.862. The minimum atomic E-state index is -3.70. The van der Waals surface area contributed by atoms with Gasteiger partial charge < -0.3 is 9.30 Å². The van der Waals surface area contributed by atoms with Crippen molar-refractivity contribution in [2.75, 3.05) is 7.11 Å². The number of sulfonamides is 1. The minimum absolute atomic E-state index is 0.0443. The number of halogens is 1. The van der Waals surface area contributed by atoms with E-state index in [2.05, 4.69) is 9.46 Å². The normalized spacial score (nSPS) is 20.1. The summed E-state index contributed by atoms with van der Waals surface area (Å²) in [5.74, 6) is -0.243. The SMILES string of the molecule is COC(=O)c1cc(S(=O)(=O)NC2CC(c3ccc(Cl)cc3)C2)n(C)c1.